The molecule has 0 aromatic heterocycles. The summed E-state index contributed by atoms with van der Waals surface area (Å²) in [6.07, 6.45) is -0.544. The van der Waals surface area contributed by atoms with Crippen molar-refractivity contribution >= 4 is 5.78 Å². The Kier molecular flexibility index (Phi) is 2.58. The monoisotopic (exact) mass is 222 g/mol. The molecule has 0 aliphatic carbocycles. The van der Waals surface area contributed by atoms with Crippen molar-refractivity contribution in [2.45, 2.75) is 33.0 Å². The number of epoxide rings is 1. The summed E-state index contributed by atoms with van der Waals surface area (Å²) in [6.45, 7) is 5.62. The Morgan fingerprint density at radius 2 is 1.81 bits per heavy atom. The molecule has 16 heavy (non-hydrogen) atoms. The smallest absolute Gasteiger partial charge is 0.169 e. The van der Waals surface area contributed by atoms with Crippen LogP contribution in [0.25, 0.3) is 0 Å². The zero-order chi connectivity index (χ0) is 11.9. The van der Waals surface area contributed by atoms with Crippen molar-refractivity contribution in [2.24, 2.45) is 5.41 Å². The first-order chi connectivity index (χ1) is 7.39. The Balaban J connectivity index is 2.07. The minimum Gasteiger partial charge on any atom is -0.356 e. The van der Waals surface area contributed by atoms with Gasteiger partial charge in [-0.05, 0) is 17.7 Å². The van der Waals surface area contributed by atoms with Crippen molar-refractivity contribution < 1.29 is 13.9 Å². The van der Waals surface area contributed by atoms with Gasteiger partial charge < -0.3 is 4.74 Å². The van der Waals surface area contributed by atoms with E-state index in [2.05, 4.69) is 0 Å². The number of hydrogen-bond donors (Lipinski definition) is 0. The molecule has 1 saturated heterocycles. The van der Waals surface area contributed by atoms with Crippen LogP contribution in [0.5, 0.6) is 0 Å². The Morgan fingerprint density at radius 1 is 1.25 bits per heavy atom. The number of carbonyl (C=O) groups excluding carboxylic acids is 1. The fourth-order valence-corrected chi connectivity index (χ4v) is 1.64. The molecule has 2 nitrogen and oxygen atoms in total. The lowest BCUT2D eigenvalue weighted by Gasteiger charge is -2.14. The van der Waals surface area contributed by atoms with Gasteiger partial charge in [-0.2, -0.15) is 0 Å². The first-order valence-electron chi connectivity index (χ1n) is 5.35. The molecule has 0 saturated carbocycles. The van der Waals surface area contributed by atoms with Crippen LogP contribution in [-0.4, -0.2) is 11.9 Å². The number of hydrogen-bond acceptors (Lipinski definition) is 2. The molecule has 2 atom stereocenters. The highest BCUT2D eigenvalue weighted by Gasteiger charge is 2.49. The van der Waals surface area contributed by atoms with Crippen LogP contribution >= 0.6 is 0 Å². The van der Waals surface area contributed by atoms with Crippen molar-refractivity contribution in [3.05, 3.63) is 35.6 Å². The molecule has 1 fully saturated rings. The fourth-order valence-electron chi connectivity index (χ4n) is 1.64. The third-order valence-corrected chi connectivity index (χ3v) is 2.69. The van der Waals surface area contributed by atoms with Crippen LogP contribution in [-0.2, 0) is 9.53 Å². The molecule has 1 heterocycles. The molecule has 1 aliphatic rings. The van der Waals surface area contributed by atoms with Crippen LogP contribution in [0.3, 0.4) is 0 Å². The van der Waals surface area contributed by atoms with Gasteiger partial charge in [-0.3, -0.25) is 4.79 Å². The SMILES string of the molecule is CC(C)(C)C(=O)C1OC1c1ccc(F)cc1. The maximum atomic E-state index is 12.7. The van der Waals surface area contributed by atoms with Crippen LogP contribution in [0.15, 0.2) is 24.3 Å². The van der Waals surface area contributed by atoms with Gasteiger partial charge in [0.1, 0.15) is 18.0 Å². The minimum atomic E-state index is -0.389. The van der Waals surface area contributed by atoms with Crippen LogP contribution in [0.2, 0.25) is 0 Å². The van der Waals surface area contributed by atoms with Gasteiger partial charge in [0.2, 0.25) is 0 Å². The second-order valence-electron chi connectivity index (χ2n) is 5.14. The summed E-state index contributed by atoms with van der Waals surface area (Å²) in [5.74, 6) is -0.176. The molecular weight excluding hydrogens is 207 g/mol. The zero-order valence-electron chi connectivity index (χ0n) is 9.66. The zero-order valence-corrected chi connectivity index (χ0v) is 9.66. The molecule has 86 valence electrons. The molecule has 1 aromatic rings. The Hall–Kier alpha value is -1.22. The van der Waals surface area contributed by atoms with Gasteiger partial charge in [0, 0.05) is 5.41 Å². The highest BCUT2D eigenvalue weighted by atomic mass is 19.1. The third-order valence-electron chi connectivity index (χ3n) is 2.69. The maximum absolute atomic E-state index is 12.7. The van der Waals surface area contributed by atoms with Gasteiger partial charge in [0.05, 0.1) is 0 Å². The summed E-state index contributed by atoms with van der Waals surface area (Å²) >= 11 is 0. The van der Waals surface area contributed by atoms with Crippen molar-refractivity contribution in [2.75, 3.05) is 0 Å². The molecular formula is C13H15FO2. The number of Topliss-reactive ketones (excluding diaryl/α,β-unsaturated/α-hetero) is 1. The highest BCUT2D eigenvalue weighted by molar-refractivity contribution is 5.90. The topological polar surface area (TPSA) is 29.6 Å². The highest BCUT2D eigenvalue weighted by Crippen LogP contribution is 2.42. The fraction of sp³-hybridized carbons (Fsp3) is 0.462. The molecule has 3 heteroatoms. The Bertz CT molecular complexity index is 403. The molecule has 0 N–H and O–H groups in total. The summed E-state index contributed by atoms with van der Waals surface area (Å²) in [4.78, 5) is 11.9. The van der Waals surface area contributed by atoms with E-state index in [1.807, 2.05) is 20.8 Å². The summed E-state index contributed by atoms with van der Waals surface area (Å²) in [6, 6.07) is 6.09. The van der Waals surface area contributed by atoms with Crippen LogP contribution in [0.4, 0.5) is 4.39 Å². The van der Waals surface area contributed by atoms with Gasteiger partial charge >= 0.3 is 0 Å². The number of ether oxygens (including phenoxy) is 1. The molecule has 2 rings (SSSR count). The maximum Gasteiger partial charge on any atom is 0.169 e. The lowest BCUT2D eigenvalue weighted by atomic mass is 9.87. The molecule has 0 bridgehead atoms. The lowest BCUT2D eigenvalue weighted by molar-refractivity contribution is -0.127. The number of ketones is 1. The normalized spacial score (nSPS) is 24.2. The predicted octanol–water partition coefficient (Wildman–Crippen LogP) is 2.88. The third kappa shape index (κ3) is 2.14. The summed E-state index contributed by atoms with van der Waals surface area (Å²) in [5, 5.41) is 0. The first kappa shape index (κ1) is 11.3. The number of benzene rings is 1. The van der Waals surface area contributed by atoms with E-state index < -0.39 is 0 Å². The predicted molar refractivity (Wildman–Crippen MR) is 58.5 cm³/mol. The summed E-state index contributed by atoms with van der Waals surface area (Å²) in [5.41, 5.74) is 0.475. The Labute approximate surface area is 94.4 Å². The first-order valence-corrected chi connectivity index (χ1v) is 5.35. The van der Waals surface area contributed by atoms with E-state index in [9.17, 15) is 9.18 Å². The van der Waals surface area contributed by atoms with E-state index in [1.54, 1.807) is 12.1 Å². The summed E-state index contributed by atoms with van der Waals surface area (Å²) in [7, 11) is 0. The molecule has 0 radical (unpaired) electrons. The summed E-state index contributed by atoms with van der Waals surface area (Å²) < 4.78 is 18.1. The van der Waals surface area contributed by atoms with Gasteiger partial charge in [0.25, 0.3) is 0 Å². The van der Waals surface area contributed by atoms with Crippen LogP contribution in [0.1, 0.15) is 32.4 Å². The van der Waals surface area contributed by atoms with E-state index in [0.29, 0.717) is 0 Å². The average Bonchev–Trinajstić information content (AvgIpc) is 2.96. The molecule has 2 unspecified atom stereocenters. The average molecular weight is 222 g/mol. The van der Waals surface area contributed by atoms with E-state index in [1.165, 1.54) is 12.1 Å². The van der Waals surface area contributed by atoms with Crippen molar-refractivity contribution in [1.29, 1.82) is 0 Å². The largest absolute Gasteiger partial charge is 0.356 e. The van der Waals surface area contributed by atoms with Gasteiger partial charge in [0.15, 0.2) is 5.78 Å². The van der Waals surface area contributed by atoms with Crippen LogP contribution in [0, 0.1) is 11.2 Å². The second-order valence-corrected chi connectivity index (χ2v) is 5.14. The molecule has 0 amide bonds. The number of carbonyl (C=O) groups is 1. The quantitative estimate of drug-likeness (QED) is 0.720. The Morgan fingerprint density at radius 3 is 2.31 bits per heavy atom. The number of rotatable bonds is 2. The standard InChI is InChI=1S/C13H15FO2/c1-13(2,3)12(15)11-10(16-11)8-4-6-9(14)7-5-8/h4-7,10-11H,1-3H3. The van der Waals surface area contributed by atoms with Crippen molar-refractivity contribution in [3.63, 3.8) is 0 Å². The second kappa shape index (κ2) is 3.67. The van der Waals surface area contributed by atoms with Gasteiger partial charge in [-0.15, -0.1) is 0 Å². The number of halogens is 1. The minimum absolute atomic E-state index is 0.0989. The van der Waals surface area contributed by atoms with E-state index in [-0.39, 0.29) is 29.2 Å². The van der Waals surface area contributed by atoms with Crippen molar-refractivity contribution in [3.8, 4) is 0 Å². The molecule has 0 spiro atoms. The van der Waals surface area contributed by atoms with E-state index in [0.717, 1.165) is 5.56 Å². The lowest BCUT2D eigenvalue weighted by Crippen LogP contribution is -2.25. The van der Waals surface area contributed by atoms with E-state index in [4.69, 9.17) is 4.74 Å². The molecule has 1 aliphatic heterocycles. The van der Waals surface area contributed by atoms with Gasteiger partial charge in [-0.25, -0.2) is 4.39 Å². The molecule has 1 aromatic carbocycles. The van der Waals surface area contributed by atoms with E-state index >= 15 is 0 Å². The van der Waals surface area contributed by atoms with Gasteiger partial charge in [-0.1, -0.05) is 32.9 Å². The van der Waals surface area contributed by atoms with Crippen molar-refractivity contribution in [1.82, 2.24) is 0 Å². The van der Waals surface area contributed by atoms with Crippen LogP contribution < -0.4 is 0 Å².